The average Bonchev–Trinajstić information content (AvgIpc) is 3.07. The fourth-order valence-corrected chi connectivity index (χ4v) is 3.65. The maximum atomic E-state index is 12.4. The van der Waals surface area contributed by atoms with E-state index in [1.807, 2.05) is 0 Å². The summed E-state index contributed by atoms with van der Waals surface area (Å²) in [5, 5.41) is 13.3. The van der Waals surface area contributed by atoms with Crippen molar-refractivity contribution >= 4 is 40.4 Å². The van der Waals surface area contributed by atoms with Crippen molar-refractivity contribution in [2.24, 2.45) is 0 Å². The van der Waals surface area contributed by atoms with Gasteiger partial charge in [0.05, 0.1) is 23.0 Å². The summed E-state index contributed by atoms with van der Waals surface area (Å²) in [6.07, 6.45) is 0. The van der Waals surface area contributed by atoms with Gasteiger partial charge in [-0.25, -0.2) is 4.98 Å². The number of fused-ring (bicyclic) bond motifs is 1. The number of hydrogen-bond acceptors (Lipinski definition) is 5. The normalized spacial score (nSPS) is 17.7. The molecule has 2 atom stereocenters. The number of hydrogen-bond donors (Lipinski definition) is 2. The molecule has 2 aromatic rings. The topological polar surface area (TPSA) is 71.5 Å². The lowest BCUT2D eigenvalue weighted by atomic mass is 10.1. The lowest BCUT2D eigenvalue weighted by Crippen LogP contribution is -2.35. The van der Waals surface area contributed by atoms with Crippen molar-refractivity contribution in [3.63, 3.8) is 0 Å². The third-order valence-corrected chi connectivity index (χ3v) is 4.90. The van der Waals surface area contributed by atoms with Gasteiger partial charge >= 0.3 is 0 Å². The molecule has 22 heavy (non-hydrogen) atoms. The molecule has 0 aliphatic carbocycles. The Bertz CT molecular complexity index is 707. The van der Waals surface area contributed by atoms with Crippen molar-refractivity contribution < 1.29 is 14.6 Å². The molecule has 0 saturated heterocycles. The van der Waals surface area contributed by atoms with Gasteiger partial charge < -0.3 is 15.2 Å². The predicted molar refractivity (Wildman–Crippen MR) is 84.8 cm³/mol. The van der Waals surface area contributed by atoms with Gasteiger partial charge in [0.2, 0.25) is 11.8 Å². The molecule has 2 N–H and O–H groups in total. The number of ether oxygens (including phenoxy) is 1. The molecule has 8 heteroatoms. The fraction of sp³-hybridized carbons (Fsp3) is 0.286. The van der Waals surface area contributed by atoms with E-state index in [4.69, 9.17) is 27.9 Å². The largest absolute Gasteiger partial charge is 0.476 e. The van der Waals surface area contributed by atoms with E-state index in [9.17, 15) is 9.90 Å². The first-order valence-corrected chi connectivity index (χ1v) is 8.16. The Kier molecular flexibility index (Phi) is 4.54. The molecule has 2 heterocycles. The van der Waals surface area contributed by atoms with Crippen LogP contribution in [-0.4, -0.2) is 29.2 Å². The second kappa shape index (κ2) is 6.42. The van der Waals surface area contributed by atoms with Gasteiger partial charge in [-0.15, -0.1) is 11.3 Å². The van der Waals surface area contributed by atoms with Gasteiger partial charge in [0.1, 0.15) is 12.5 Å². The van der Waals surface area contributed by atoms with Gasteiger partial charge in [0.25, 0.3) is 0 Å². The van der Waals surface area contributed by atoms with Crippen molar-refractivity contribution in [2.75, 3.05) is 13.2 Å². The maximum absolute atomic E-state index is 12.4. The monoisotopic (exact) mass is 358 g/mol. The van der Waals surface area contributed by atoms with Crippen LogP contribution in [0.4, 0.5) is 0 Å². The van der Waals surface area contributed by atoms with Gasteiger partial charge in [0.15, 0.2) is 0 Å². The van der Waals surface area contributed by atoms with Crippen molar-refractivity contribution in [1.29, 1.82) is 0 Å². The number of aromatic nitrogens is 1. The van der Waals surface area contributed by atoms with Gasteiger partial charge in [-0.2, -0.15) is 0 Å². The molecule has 0 radical (unpaired) electrons. The summed E-state index contributed by atoms with van der Waals surface area (Å²) in [4.78, 5) is 17.3. The fourth-order valence-electron chi connectivity index (χ4n) is 2.30. The Morgan fingerprint density at radius 3 is 3.09 bits per heavy atom. The second-order valence-electron chi connectivity index (χ2n) is 4.79. The molecule has 0 saturated carbocycles. The number of nitrogens with zero attached hydrogens (tertiary/aromatic N) is 1. The smallest absolute Gasteiger partial charge is 0.232 e. The molecule has 1 aromatic heterocycles. The zero-order valence-electron chi connectivity index (χ0n) is 11.3. The Morgan fingerprint density at radius 1 is 1.55 bits per heavy atom. The third kappa shape index (κ3) is 2.92. The van der Waals surface area contributed by atoms with Crippen LogP contribution in [0.15, 0.2) is 23.7 Å². The summed E-state index contributed by atoms with van der Waals surface area (Å²) in [5.41, 5.74) is 2.26. The van der Waals surface area contributed by atoms with Crippen molar-refractivity contribution in [1.82, 2.24) is 10.3 Å². The van der Waals surface area contributed by atoms with Crippen LogP contribution in [-0.2, 0) is 4.79 Å². The minimum absolute atomic E-state index is 0.229. The van der Waals surface area contributed by atoms with Crippen LogP contribution in [0.25, 0.3) is 0 Å². The Morgan fingerprint density at radius 2 is 2.36 bits per heavy atom. The minimum Gasteiger partial charge on any atom is -0.476 e. The quantitative estimate of drug-likeness (QED) is 0.881. The molecule has 3 rings (SSSR count). The Balaban J connectivity index is 1.77. The lowest BCUT2D eigenvalue weighted by molar-refractivity contribution is -0.123. The molecular formula is C14H12Cl2N2O3S. The van der Waals surface area contributed by atoms with Gasteiger partial charge in [-0.1, -0.05) is 29.3 Å². The highest BCUT2D eigenvalue weighted by atomic mass is 35.5. The Labute approximate surface area is 140 Å². The molecule has 1 amide bonds. The first kappa shape index (κ1) is 15.6. The van der Waals surface area contributed by atoms with Crippen LogP contribution in [0.3, 0.4) is 0 Å². The number of benzene rings is 1. The van der Waals surface area contributed by atoms with E-state index >= 15 is 0 Å². The van der Waals surface area contributed by atoms with Crippen LogP contribution >= 0.6 is 34.5 Å². The lowest BCUT2D eigenvalue weighted by Gasteiger charge is -2.20. The van der Waals surface area contributed by atoms with Crippen LogP contribution in [0.5, 0.6) is 5.88 Å². The van der Waals surface area contributed by atoms with E-state index in [2.05, 4.69) is 10.3 Å². The summed E-state index contributed by atoms with van der Waals surface area (Å²) >= 11 is 13.4. The van der Waals surface area contributed by atoms with E-state index in [1.54, 1.807) is 23.7 Å². The van der Waals surface area contributed by atoms with E-state index in [-0.39, 0.29) is 19.1 Å². The van der Waals surface area contributed by atoms with E-state index in [0.29, 0.717) is 21.5 Å². The molecule has 2 unspecified atom stereocenters. The van der Waals surface area contributed by atoms with Crippen molar-refractivity contribution in [3.8, 4) is 5.88 Å². The van der Waals surface area contributed by atoms with Crippen molar-refractivity contribution in [2.45, 2.75) is 12.0 Å². The maximum Gasteiger partial charge on any atom is 0.232 e. The average molecular weight is 359 g/mol. The number of halogens is 2. The molecule has 0 bridgehead atoms. The van der Waals surface area contributed by atoms with Crippen LogP contribution in [0, 0.1) is 0 Å². The molecule has 1 aliphatic rings. The Hall–Kier alpha value is -1.34. The number of thiazole rings is 1. The minimum atomic E-state index is -0.603. The van der Waals surface area contributed by atoms with Gasteiger partial charge in [0, 0.05) is 10.0 Å². The molecule has 1 aromatic carbocycles. The van der Waals surface area contributed by atoms with Gasteiger partial charge in [-0.05, 0) is 17.7 Å². The third-order valence-electron chi connectivity index (χ3n) is 3.42. The highest BCUT2D eigenvalue weighted by molar-refractivity contribution is 7.10. The second-order valence-corrected chi connectivity index (χ2v) is 6.52. The molecule has 116 valence electrons. The number of aliphatic hydroxyl groups excluding tert-OH is 1. The number of carbonyl (C=O) groups is 1. The highest BCUT2D eigenvalue weighted by Crippen LogP contribution is 2.36. The number of amides is 1. The van der Waals surface area contributed by atoms with Crippen LogP contribution in [0.2, 0.25) is 10.0 Å². The summed E-state index contributed by atoms with van der Waals surface area (Å²) in [6, 6.07) is 4.33. The predicted octanol–water partition coefficient (Wildman–Crippen LogP) is 2.78. The summed E-state index contributed by atoms with van der Waals surface area (Å²) < 4.78 is 5.37. The standard InChI is InChI=1S/C14H12Cl2N2O3S/c15-7-1-2-8(10(16)3-7)11(4-19)18-13(20)9-5-21-14-12(9)22-6-17-14/h1-3,6,9,11,19H,4-5H2,(H,18,20). The zero-order valence-corrected chi connectivity index (χ0v) is 13.6. The summed E-state index contributed by atoms with van der Waals surface area (Å²) in [6.45, 7) is -0.0104. The molecular weight excluding hydrogens is 347 g/mol. The number of rotatable bonds is 4. The number of carbonyl (C=O) groups excluding carboxylic acids is 1. The van der Waals surface area contributed by atoms with E-state index in [1.165, 1.54) is 11.3 Å². The zero-order chi connectivity index (χ0) is 15.7. The molecule has 0 spiro atoms. The highest BCUT2D eigenvalue weighted by Gasteiger charge is 2.34. The SMILES string of the molecule is O=C(NC(CO)c1ccc(Cl)cc1Cl)C1COc2ncsc21. The number of nitrogens with one attached hydrogen (secondary N) is 1. The van der Waals surface area contributed by atoms with Gasteiger partial charge in [-0.3, -0.25) is 4.79 Å². The summed E-state index contributed by atoms with van der Waals surface area (Å²) in [5.74, 6) is -0.133. The number of aliphatic hydroxyl groups is 1. The molecule has 1 aliphatic heterocycles. The van der Waals surface area contributed by atoms with Crippen molar-refractivity contribution in [3.05, 3.63) is 44.2 Å². The first-order chi connectivity index (χ1) is 10.6. The van der Waals surface area contributed by atoms with E-state index in [0.717, 1.165) is 4.88 Å². The van der Waals surface area contributed by atoms with E-state index < -0.39 is 12.0 Å². The summed E-state index contributed by atoms with van der Waals surface area (Å²) in [7, 11) is 0. The molecule has 5 nitrogen and oxygen atoms in total. The van der Waals surface area contributed by atoms with Crippen LogP contribution < -0.4 is 10.1 Å². The van der Waals surface area contributed by atoms with Crippen LogP contribution in [0.1, 0.15) is 22.4 Å². The molecule has 0 fully saturated rings. The first-order valence-electron chi connectivity index (χ1n) is 6.52.